The third kappa shape index (κ3) is 2.55. The largest absolute Gasteiger partial charge is 0.461 e. The highest BCUT2D eigenvalue weighted by atomic mass is 16.5. The van der Waals surface area contributed by atoms with Gasteiger partial charge in [0.15, 0.2) is 5.69 Å². The zero-order chi connectivity index (χ0) is 14.9. The lowest BCUT2D eigenvalue weighted by molar-refractivity contribution is -0.135. The molecular formula is C14H21N3O3. The number of aromatic nitrogens is 2. The first kappa shape index (κ1) is 14.6. The van der Waals surface area contributed by atoms with Crippen LogP contribution < -0.4 is 0 Å². The van der Waals surface area contributed by atoms with Crippen LogP contribution in [0.5, 0.6) is 0 Å². The van der Waals surface area contributed by atoms with Crippen LogP contribution >= 0.6 is 0 Å². The lowest BCUT2D eigenvalue weighted by Crippen LogP contribution is -2.39. The SMILES string of the molecule is CCOC(=O)c1nn(C)c2c1CN(C(=O)C(C)C)CC2. The van der Waals surface area contributed by atoms with Crippen LogP contribution in [0, 0.1) is 5.92 Å². The third-order valence-electron chi connectivity index (χ3n) is 3.52. The molecule has 0 saturated heterocycles. The maximum Gasteiger partial charge on any atom is 0.359 e. The first-order valence-corrected chi connectivity index (χ1v) is 6.96. The van der Waals surface area contributed by atoms with Gasteiger partial charge >= 0.3 is 5.97 Å². The molecule has 0 aliphatic carbocycles. The molecule has 1 amide bonds. The molecule has 0 N–H and O–H groups in total. The van der Waals surface area contributed by atoms with Crippen LogP contribution in [0.4, 0.5) is 0 Å². The monoisotopic (exact) mass is 279 g/mol. The molecule has 0 atom stereocenters. The number of carbonyl (C=O) groups is 2. The number of amides is 1. The summed E-state index contributed by atoms with van der Waals surface area (Å²) >= 11 is 0. The van der Waals surface area contributed by atoms with E-state index in [0.29, 0.717) is 25.4 Å². The van der Waals surface area contributed by atoms with Crippen molar-refractivity contribution in [2.24, 2.45) is 13.0 Å². The first-order valence-electron chi connectivity index (χ1n) is 6.96. The van der Waals surface area contributed by atoms with Crippen LogP contribution in [-0.4, -0.2) is 39.7 Å². The van der Waals surface area contributed by atoms with Gasteiger partial charge in [0, 0.05) is 43.7 Å². The summed E-state index contributed by atoms with van der Waals surface area (Å²) in [7, 11) is 1.82. The van der Waals surface area contributed by atoms with E-state index < -0.39 is 5.97 Å². The molecule has 1 aliphatic heterocycles. The Kier molecular flexibility index (Phi) is 4.11. The molecule has 2 heterocycles. The third-order valence-corrected chi connectivity index (χ3v) is 3.52. The molecule has 0 unspecified atom stereocenters. The highest BCUT2D eigenvalue weighted by Crippen LogP contribution is 2.23. The van der Waals surface area contributed by atoms with Gasteiger partial charge in [-0.15, -0.1) is 0 Å². The summed E-state index contributed by atoms with van der Waals surface area (Å²) < 4.78 is 6.75. The fourth-order valence-corrected chi connectivity index (χ4v) is 2.51. The Balaban J connectivity index is 2.30. The lowest BCUT2D eigenvalue weighted by Gasteiger charge is -2.29. The van der Waals surface area contributed by atoms with Gasteiger partial charge in [0.2, 0.25) is 5.91 Å². The number of rotatable bonds is 3. The van der Waals surface area contributed by atoms with E-state index in [1.165, 1.54) is 0 Å². The second kappa shape index (κ2) is 5.64. The van der Waals surface area contributed by atoms with Gasteiger partial charge in [-0.05, 0) is 6.92 Å². The van der Waals surface area contributed by atoms with Gasteiger partial charge in [-0.25, -0.2) is 4.79 Å². The van der Waals surface area contributed by atoms with Crippen molar-refractivity contribution in [3.8, 4) is 0 Å². The van der Waals surface area contributed by atoms with Crippen molar-refractivity contribution < 1.29 is 14.3 Å². The highest BCUT2D eigenvalue weighted by Gasteiger charge is 2.30. The number of hydrogen-bond donors (Lipinski definition) is 0. The average Bonchev–Trinajstić information content (AvgIpc) is 2.75. The normalized spacial score (nSPS) is 14.3. The molecule has 0 fully saturated rings. The van der Waals surface area contributed by atoms with E-state index in [-0.39, 0.29) is 11.8 Å². The topological polar surface area (TPSA) is 64.4 Å². The Labute approximate surface area is 118 Å². The number of nitrogens with zero attached hydrogens (tertiary/aromatic N) is 3. The second-order valence-corrected chi connectivity index (χ2v) is 5.28. The van der Waals surface area contributed by atoms with Crippen LogP contribution in [0.25, 0.3) is 0 Å². The van der Waals surface area contributed by atoms with Crippen LogP contribution in [0.15, 0.2) is 0 Å². The van der Waals surface area contributed by atoms with Gasteiger partial charge in [-0.1, -0.05) is 13.8 Å². The number of esters is 1. The molecule has 1 aliphatic rings. The van der Waals surface area contributed by atoms with Crippen LogP contribution in [0.3, 0.4) is 0 Å². The summed E-state index contributed by atoms with van der Waals surface area (Å²) in [5, 5.41) is 4.25. The molecule has 1 aromatic rings. The van der Waals surface area contributed by atoms with Crippen molar-refractivity contribution in [1.29, 1.82) is 0 Å². The van der Waals surface area contributed by atoms with E-state index >= 15 is 0 Å². The van der Waals surface area contributed by atoms with Crippen LogP contribution in [-0.2, 0) is 29.5 Å². The summed E-state index contributed by atoms with van der Waals surface area (Å²) in [5.74, 6) is -0.350. The number of carbonyl (C=O) groups excluding carboxylic acids is 2. The van der Waals surface area contributed by atoms with Gasteiger partial charge < -0.3 is 9.64 Å². The van der Waals surface area contributed by atoms with E-state index in [1.54, 1.807) is 16.5 Å². The minimum Gasteiger partial charge on any atom is -0.461 e. The van der Waals surface area contributed by atoms with E-state index in [0.717, 1.165) is 17.7 Å². The van der Waals surface area contributed by atoms with Crippen LogP contribution in [0.2, 0.25) is 0 Å². The fraction of sp³-hybridized carbons (Fsp3) is 0.643. The maximum absolute atomic E-state index is 12.1. The molecular weight excluding hydrogens is 258 g/mol. The number of ether oxygens (including phenoxy) is 1. The minimum atomic E-state index is -0.414. The van der Waals surface area contributed by atoms with E-state index in [4.69, 9.17) is 4.74 Å². The molecule has 0 spiro atoms. The molecule has 0 aromatic carbocycles. The first-order chi connectivity index (χ1) is 9.45. The second-order valence-electron chi connectivity index (χ2n) is 5.28. The van der Waals surface area contributed by atoms with Crippen molar-refractivity contribution in [2.75, 3.05) is 13.2 Å². The highest BCUT2D eigenvalue weighted by molar-refractivity contribution is 5.89. The molecule has 20 heavy (non-hydrogen) atoms. The fourth-order valence-electron chi connectivity index (χ4n) is 2.51. The Morgan fingerprint density at radius 2 is 2.10 bits per heavy atom. The predicted molar refractivity (Wildman–Crippen MR) is 73.1 cm³/mol. The van der Waals surface area contributed by atoms with Crippen molar-refractivity contribution in [3.63, 3.8) is 0 Å². The van der Waals surface area contributed by atoms with Crippen molar-refractivity contribution in [2.45, 2.75) is 33.7 Å². The molecule has 0 radical (unpaired) electrons. The Bertz CT molecular complexity index is 534. The van der Waals surface area contributed by atoms with Gasteiger partial charge in [0.1, 0.15) is 0 Å². The molecule has 110 valence electrons. The number of aryl methyl sites for hydroxylation is 1. The zero-order valence-electron chi connectivity index (χ0n) is 12.5. The molecule has 6 nitrogen and oxygen atoms in total. The maximum atomic E-state index is 12.1. The van der Waals surface area contributed by atoms with E-state index in [9.17, 15) is 9.59 Å². The van der Waals surface area contributed by atoms with E-state index in [2.05, 4.69) is 5.10 Å². The molecule has 6 heteroatoms. The molecule has 0 saturated carbocycles. The van der Waals surface area contributed by atoms with E-state index in [1.807, 2.05) is 20.9 Å². The summed E-state index contributed by atoms with van der Waals surface area (Å²) in [5.41, 5.74) is 2.18. The number of fused-ring (bicyclic) bond motifs is 1. The van der Waals surface area contributed by atoms with Gasteiger partial charge in [-0.2, -0.15) is 5.10 Å². The standard InChI is InChI=1S/C14H21N3O3/c1-5-20-14(19)12-10-8-17(13(18)9(2)3)7-6-11(10)16(4)15-12/h9H,5-8H2,1-4H3. The van der Waals surface area contributed by atoms with Crippen molar-refractivity contribution >= 4 is 11.9 Å². The summed E-state index contributed by atoms with van der Waals surface area (Å²) in [6, 6.07) is 0. The Hall–Kier alpha value is -1.85. The average molecular weight is 279 g/mol. The molecule has 2 rings (SSSR count). The Morgan fingerprint density at radius 3 is 2.70 bits per heavy atom. The Morgan fingerprint density at radius 1 is 1.40 bits per heavy atom. The summed E-state index contributed by atoms with van der Waals surface area (Å²) in [6.07, 6.45) is 0.719. The quantitative estimate of drug-likeness (QED) is 0.778. The molecule has 0 bridgehead atoms. The van der Waals surface area contributed by atoms with Crippen molar-refractivity contribution in [3.05, 3.63) is 17.0 Å². The van der Waals surface area contributed by atoms with Gasteiger partial charge in [0.05, 0.1) is 6.61 Å². The van der Waals surface area contributed by atoms with Crippen molar-refractivity contribution in [1.82, 2.24) is 14.7 Å². The van der Waals surface area contributed by atoms with Crippen LogP contribution in [0.1, 0.15) is 42.5 Å². The van der Waals surface area contributed by atoms with Gasteiger partial charge in [0.25, 0.3) is 0 Å². The summed E-state index contributed by atoms with van der Waals surface area (Å²) in [6.45, 7) is 6.96. The lowest BCUT2D eigenvalue weighted by atomic mass is 10.0. The molecule has 1 aromatic heterocycles. The minimum absolute atomic E-state index is 0.0423. The van der Waals surface area contributed by atoms with Gasteiger partial charge in [-0.3, -0.25) is 9.48 Å². The summed E-state index contributed by atoms with van der Waals surface area (Å²) in [4.78, 5) is 25.8. The predicted octanol–water partition coefficient (Wildman–Crippen LogP) is 1.14. The number of hydrogen-bond acceptors (Lipinski definition) is 4. The zero-order valence-corrected chi connectivity index (χ0v) is 12.5. The smallest absolute Gasteiger partial charge is 0.359 e.